The van der Waals surface area contributed by atoms with Gasteiger partial charge in [0, 0.05) is 24.8 Å². The molecule has 0 radical (unpaired) electrons. The first kappa shape index (κ1) is 9.04. The Hall–Kier alpha value is -1.53. The number of anilines is 1. The van der Waals surface area contributed by atoms with Gasteiger partial charge in [-0.25, -0.2) is 0 Å². The summed E-state index contributed by atoms with van der Waals surface area (Å²) in [7, 11) is 1.99. The van der Waals surface area contributed by atoms with Crippen molar-refractivity contribution in [2.24, 2.45) is 0 Å². The minimum atomic E-state index is 0.616. The molecule has 0 unspecified atom stereocenters. The molecule has 3 heteroatoms. The molecular formula is C11H13N3. The molecule has 3 nitrogen and oxygen atoms in total. The first-order valence-corrected chi connectivity index (χ1v) is 4.76. The molecule has 1 N–H and O–H groups in total. The standard InChI is InChI=1S/C11H13N3/c1-13-10-7-14(8-10)11-4-2-9(6-12)3-5-11/h2-5,10,13H,7-8H2,1H3. The van der Waals surface area contributed by atoms with Crippen molar-refractivity contribution >= 4 is 5.69 Å². The largest absolute Gasteiger partial charge is 0.368 e. The number of nitriles is 1. The summed E-state index contributed by atoms with van der Waals surface area (Å²) in [5.74, 6) is 0. The van der Waals surface area contributed by atoms with E-state index in [1.54, 1.807) is 0 Å². The molecule has 1 aromatic carbocycles. The van der Waals surface area contributed by atoms with Crippen molar-refractivity contribution in [2.75, 3.05) is 25.0 Å². The monoisotopic (exact) mass is 187 g/mol. The average molecular weight is 187 g/mol. The molecule has 0 spiro atoms. The molecule has 2 rings (SSSR count). The van der Waals surface area contributed by atoms with Crippen molar-refractivity contribution in [3.63, 3.8) is 0 Å². The van der Waals surface area contributed by atoms with Gasteiger partial charge in [-0.15, -0.1) is 0 Å². The van der Waals surface area contributed by atoms with Crippen LogP contribution in [0.2, 0.25) is 0 Å². The van der Waals surface area contributed by atoms with Crippen LogP contribution in [0.5, 0.6) is 0 Å². The topological polar surface area (TPSA) is 39.1 Å². The lowest BCUT2D eigenvalue weighted by molar-refractivity contribution is 0.450. The van der Waals surface area contributed by atoms with Gasteiger partial charge in [0.25, 0.3) is 0 Å². The summed E-state index contributed by atoms with van der Waals surface area (Å²) in [5.41, 5.74) is 1.93. The van der Waals surface area contributed by atoms with Crippen LogP contribution < -0.4 is 10.2 Å². The van der Waals surface area contributed by atoms with E-state index in [9.17, 15) is 0 Å². The molecule has 1 fully saturated rings. The summed E-state index contributed by atoms with van der Waals surface area (Å²) in [6.45, 7) is 2.12. The summed E-state index contributed by atoms with van der Waals surface area (Å²) < 4.78 is 0. The van der Waals surface area contributed by atoms with Crippen LogP contribution in [0, 0.1) is 11.3 Å². The Bertz CT molecular complexity index is 344. The number of nitrogens with one attached hydrogen (secondary N) is 1. The number of rotatable bonds is 2. The lowest BCUT2D eigenvalue weighted by Gasteiger charge is -2.40. The van der Waals surface area contributed by atoms with Crippen molar-refractivity contribution in [1.29, 1.82) is 5.26 Å². The van der Waals surface area contributed by atoms with Crippen LogP contribution in [0.15, 0.2) is 24.3 Å². The molecular weight excluding hydrogens is 174 g/mol. The predicted molar refractivity (Wildman–Crippen MR) is 56.2 cm³/mol. The quantitative estimate of drug-likeness (QED) is 0.749. The fraction of sp³-hybridized carbons (Fsp3) is 0.364. The molecule has 1 heterocycles. The molecule has 0 atom stereocenters. The van der Waals surface area contributed by atoms with Gasteiger partial charge < -0.3 is 10.2 Å². The SMILES string of the molecule is CNC1CN(c2ccc(C#N)cc2)C1. The average Bonchev–Trinajstić information content (AvgIpc) is 2.17. The minimum Gasteiger partial charge on any atom is -0.368 e. The van der Waals surface area contributed by atoms with Crippen molar-refractivity contribution in [3.05, 3.63) is 29.8 Å². The maximum absolute atomic E-state index is 8.64. The van der Waals surface area contributed by atoms with Crippen molar-refractivity contribution < 1.29 is 0 Å². The number of likely N-dealkylation sites (N-methyl/N-ethyl adjacent to an activating group) is 1. The van der Waals surface area contributed by atoms with Gasteiger partial charge in [-0.3, -0.25) is 0 Å². The highest BCUT2D eigenvalue weighted by atomic mass is 15.2. The molecule has 14 heavy (non-hydrogen) atoms. The van der Waals surface area contributed by atoms with Gasteiger partial charge in [0.05, 0.1) is 11.6 Å². The normalized spacial score (nSPS) is 16.1. The fourth-order valence-corrected chi connectivity index (χ4v) is 1.62. The van der Waals surface area contributed by atoms with Crippen molar-refractivity contribution in [1.82, 2.24) is 5.32 Å². The first-order valence-electron chi connectivity index (χ1n) is 4.76. The summed E-state index contributed by atoms with van der Waals surface area (Å²) in [4.78, 5) is 2.29. The van der Waals surface area contributed by atoms with E-state index in [-0.39, 0.29) is 0 Å². The Balaban J connectivity index is 2.02. The van der Waals surface area contributed by atoms with Gasteiger partial charge in [0.15, 0.2) is 0 Å². The number of nitrogens with zero attached hydrogens (tertiary/aromatic N) is 2. The predicted octanol–water partition coefficient (Wildman–Crippen LogP) is 0.966. The van der Waals surface area contributed by atoms with Crippen LogP contribution in [0.25, 0.3) is 0 Å². The molecule has 1 saturated heterocycles. The van der Waals surface area contributed by atoms with E-state index in [1.807, 2.05) is 31.3 Å². The minimum absolute atomic E-state index is 0.616. The zero-order chi connectivity index (χ0) is 9.97. The first-order chi connectivity index (χ1) is 6.83. The molecule has 0 aliphatic carbocycles. The van der Waals surface area contributed by atoms with Crippen LogP contribution in [0.3, 0.4) is 0 Å². The molecule has 1 aliphatic heterocycles. The van der Waals surface area contributed by atoms with Gasteiger partial charge in [0.1, 0.15) is 0 Å². The molecule has 0 bridgehead atoms. The van der Waals surface area contributed by atoms with Crippen LogP contribution in [-0.2, 0) is 0 Å². The fourth-order valence-electron chi connectivity index (χ4n) is 1.62. The summed E-state index contributed by atoms with van der Waals surface area (Å²) in [5, 5.41) is 11.9. The third-order valence-electron chi connectivity index (χ3n) is 2.65. The summed E-state index contributed by atoms with van der Waals surface area (Å²) in [6.07, 6.45) is 0. The zero-order valence-corrected chi connectivity index (χ0v) is 8.20. The number of benzene rings is 1. The highest BCUT2D eigenvalue weighted by Crippen LogP contribution is 2.20. The Labute approximate surface area is 84.0 Å². The lowest BCUT2D eigenvalue weighted by Crippen LogP contribution is -2.57. The Morgan fingerprint density at radius 2 is 2.00 bits per heavy atom. The van der Waals surface area contributed by atoms with E-state index in [1.165, 1.54) is 5.69 Å². The third kappa shape index (κ3) is 1.57. The Kier molecular flexibility index (Phi) is 2.38. The molecule has 1 aliphatic rings. The van der Waals surface area contributed by atoms with Gasteiger partial charge in [0.2, 0.25) is 0 Å². The van der Waals surface area contributed by atoms with Crippen LogP contribution in [0.1, 0.15) is 5.56 Å². The zero-order valence-electron chi connectivity index (χ0n) is 8.20. The lowest BCUT2D eigenvalue weighted by atomic mass is 10.1. The maximum atomic E-state index is 8.64. The summed E-state index contributed by atoms with van der Waals surface area (Å²) >= 11 is 0. The number of hydrogen-bond donors (Lipinski definition) is 1. The Morgan fingerprint density at radius 3 is 2.50 bits per heavy atom. The van der Waals surface area contributed by atoms with E-state index in [2.05, 4.69) is 16.3 Å². The molecule has 0 aromatic heterocycles. The van der Waals surface area contributed by atoms with Crippen LogP contribution >= 0.6 is 0 Å². The molecule has 0 saturated carbocycles. The summed E-state index contributed by atoms with van der Waals surface area (Å²) in [6, 6.07) is 10.5. The second kappa shape index (κ2) is 3.69. The van der Waals surface area contributed by atoms with Crippen LogP contribution in [-0.4, -0.2) is 26.2 Å². The van der Waals surface area contributed by atoms with Gasteiger partial charge in [-0.1, -0.05) is 0 Å². The Morgan fingerprint density at radius 1 is 1.36 bits per heavy atom. The smallest absolute Gasteiger partial charge is 0.0991 e. The van der Waals surface area contributed by atoms with Crippen molar-refractivity contribution in [3.8, 4) is 6.07 Å². The van der Waals surface area contributed by atoms with E-state index in [4.69, 9.17) is 5.26 Å². The third-order valence-corrected chi connectivity index (χ3v) is 2.65. The van der Waals surface area contributed by atoms with E-state index < -0.39 is 0 Å². The molecule has 72 valence electrons. The van der Waals surface area contributed by atoms with Gasteiger partial charge in [-0.2, -0.15) is 5.26 Å². The molecule has 0 amide bonds. The second-order valence-electron chi connectivity index (χ2n) is 3.55. The van der Waals surface area contributed by atoms with Crippen molar-refractivity contribution in [2.45, 2.75) is 6.04 Å². The maximum Gasteiger partial charge on any atom is 0.0991 e. The van der Waals surface area contributed by atoms with E-state index in [0.717, 1.165) is 18.7 Å². The highest BCUT2D eigenvalue weighted by molar-refractivity contribution is 5.52. The van der Waals surface area contributed by atoms with Gasteiger partial charge in [-0.05, 0) is 31.3 Å². The highest BCUT2D eigenvalue weighted by Gasteiger charge is 2.24. The molecule has 1 aromatic rings. The van der Waals surface area contributed by atoms with Crippen LogP contribution in [0.4, 0.5) is 5.69 Å². The van der Waals surface area contributed by atoms with E-state index >= 15 is 0 Å². The number of hydrogen-bond acceptors (Lipinski definition) is 3. The van der Waals surface area contributed by atoms with Gasteiger partial charge >= 0.3 is 0 Å². The van der Waals surface area contributed by atoms with E-state index in [0.29, 0.717) is 6.04 Å². The second-order valence-corrected chi connectivity index (χ2v) is 3.55.